The number of alkyl halides is 2. The highest BCUT2D eigenvalue weighted by atomic mass is 35.5. The summed E-state index contributed by atoms with van der Waals surface area (Å²) in [6.45, 7) is 0. The molecule has 0 bridgehead atoms. The minimum Gasteiger partial charge on any atom is -0.125 e. The fraction of sp³-hybridized carbons (Fsp3) is 0.200. The Hall–Kier alpha value is -0.460. The maximum absolute atomic E-state index is 5.80. The molecule has 0 fully saturated rings. The first kappa shape index (κ1) is 9.63. The van der Waals surface area contributed by atoms with Gasteiger partial charge in [0, 0.05) is 5.88 Å². The van der Waals surface area contributed by atoms with Crippen LogP contribution in [0.3, 0.4) is 0 Å². The van der Waals surface area contributed by atoms with Gasteiger partial charge in [-0.05, 0) is 5.56 Å². The second-order valence-electron chi connectivity index (χ2n) is 2.44. The molecule has 0 N–H and O–H groups in total. The summed E-state index contributed by atoms with van der Waals surface area (Å²) in [4.78, 5) is 0. The van der Waals surface area contributed by atoms with Crippen LogP contribution in [0, 0.1) is 0 Å². The van der Waals surface area contributed by atoms with Crippen LogP contribution in [0.25, 0.3) is 6.08 Å². The molecule has 12 heavy (non-hydrogen) atoms. The summed E-state index contributed by atoms with van der Waals surface area (Å²) in [5.41, 5.74) is 1.15. The van der Waals surface area contributed by atoms with Gasteiger partial charge in [0.15, 0.2) is 0 Å². The van der Waals surface area contributed by atoms with E-state index in [1.54, 1.807) is 0 Å². The monoisotopic (exact) mass is 200 g/mol. The molecule has 0 heterocycles. The standard InChI is InChI=1S/C10H10Cl2/c11-8-10(12)7-6-9-4-2-1-3-5-9/h1-7,10H,8H2/b7-6+. The van der Waals surface area contributed by atoms with E-state index in [1.807, 2.05) is 42.5 Å². The van der Waals surface area contributed by atoms with E-state index in [9.17, 15) is 0 Å². The van der Waals surface area contributed by atoms with Gasteiger partial charge in [0.05, 0.1) is 5.38 Å². The van der Waals surface area contributed by atoms with Crippen molar-refractivity contribution in [2.45, 2.75) is 5.38 Å². The highest BCUT2D eigenvalue weighted by molar-refractivity contribution is 6.29. The molecule has 64 valence electrons. The van der Waals surface area contributed by atoms with E-state index in [2.05, 4.69) is 0 Å². The van der Waals surface area contributed by atoms with Crippen molar-refractivity contribution in [1.82, 2.24) is 0 Å². The molecule has 0 amide bonds. The van der Waals surface area contributed by atoms with E-state index < -0.39 is 0 Å². The molecule has 0 radical (unpaired) electrons. The lowest BCUT2D eigenvalue weighted by molar-refractivity contribution is 1.25. The van der Waals surface area contributed by atoms with Crippen LogP contribution in [-0.2, 0) is 0 Å². The third-order valence-electron chi connectivity index (χ3n) is 1.44. The van der Waals surface area contributed by atoms with Crippen molar-refractivity contribution in [2.24, 2.45) is 0 Å². The number of rotatable bonds is 3. The average molecular weight is 201 g/mol. The van der Waals surface area contributed by atoms with Gasteiger partial charge in [0.2, 0.25) is 0 Å². The zero-order valence-electron chi connectivity index (χ0n) is 6.58. The summed E-state index contributed by atoms with van der Waals surface area (Å²) >= 11 is 11.3. The molecule has 0 saturated carbocycles. The predicted octanol–water partition coefficient (Wildman–Crippen LogP) is 3.55. The number of hydrogen-bond donors (Lipinski definition) is 0. The third kappa shape index (κ3) is 3.29. The molecule has 1 atom stereocenters. The Morgan fingerprint density at radius 1 is 1.25 bits per heavy atom. The van der Waals surface area contributed by atoms with Crippen LogP contribution in [0.5, 0.6) is 0 Å². The lowest BCUT2D eigenvalue weighted by Gasteiger charge is -1.95. The quantitative estimate of drug-likeness (QED) is 0.656. The van der Waals surface area contributed by atoms with Gasteiger partial charge in [0.25, 0.3) is 0 Å². The smallest absolute Gasteiger partial charge is 0.0654 e. The van der Waals surface area contributed by atoms with Gasteiger partial charge >= 0.3 is 0 Å². The Morgan fingerprint density at radius 2 is 1.92 bits per heavy atom. The van der Waals surface area contributed by atoms with Crippen LogP contribution in [0.15, 0.2) is 36.4 Å². The lowest BCUT2D eigenvalue weighted by atomic mass is 10.2. The maximum Gasteiger partial charge on any atom is 0.0654 e. The summed E-state index contributed by atoms with van der Waals surface area (Å²) in [5, 5.41) is -0.0770. The lowest BCUT2D eigenvalue weighted by Crippen LogP contribution is -1.92. The highest BCUT2D eigenvalue weighted by Gasteiger charge is 1.94. The first-order valence-electron chi connectivity index (χ1n) is 3.76. The Kier molecular flexibility index (Phi) is 4.20. The predicted molar refractivity (Wildman–Crippen MR) is 55.8 cm³/mol. The van der Waals surface area contributed by atoms with Gasteiger partial charge in [-0.2, -0.15) is 0 Å². The van der Waals surface area contributed by atoms with Crippen LogP contribution >= 0.6 is 23.2 Å². The molecular formula is C10H10Cl2. The summed E-state index contributed by atoms with van der Waals surface area (Å²) < 4.78 is 0. The first-order chi connectivity index (χ1) is 5.83. The summed E-state index contributed by atoms with van der Waals surface area (Å²) in [7, 11) is 0. The molecule has 2 heteroatoms. The Balaban J connectivity index is 2.58. The van der Waals surface area contributed by atoms with E-state index in [0.717, 1.165) is 5.56 Å². The molecule has 1 unspecified atom stereocenters. The van der Waals surface area contributed by atoms with Gasteiger partial charge in [0.1, 0.15) is 0 Å². The van der Waals surface area contributed by atoms with Crippen LogP contribution in [0.2, 0.25) is 0 Å². The van der Waals surface area contributed by atoms with Crippen LogP contribution < -0.4 is 0 Å². The number of halogens is 2. The van der Waals surface area contributed by atoms with E-state index in [1.165, 1.54) is 0 Å². The largest absolute Gasteiger partial charge is 0.125 e. The molecule has 1 aromatic carbocycles. The molecule has 0 aliphatic heterocycles. The molecule has 1 aromatic rings. The van der Waals surface area contributed by atoms with E-state index in [-0.39, 0.29) is 5.38 Å². The number of hydrogen-bond acceptors (Lipinski definition) is 0. The zero-order valence-corrected chi connectivity index (χ0v) is 8.09. The van der Waals surface area contributed by atoms with Crippen LogP contribution in [0.4, 0.5) is 0 Å². The van der Waals surface area contributed by atoms with Crippen molar-refractivity contribution in [3.8, 4) is 0 Å². The fourth-order valence-electron chi connectivity index (χ4n) is 0.831. The minimum absolute atomic E-state index is 0.0770. The molecule has 0 nitrogen and oxygen atoms in total. The Morgan fingerprint density at radius 3 is 2.50 bits per heavy atom. The van der Waals surface area contributed by atoms with Crippen molar-refractivity contribution in [1.29, 1.82) is 0 Å². The van der Waals surface area contributed by atoms with Gasteiger partial charge in [-0.15, -0.1) is 23.2 Å². The number of allylic oxidation sites excluding steroid dienone is 1. The normalized spacial score (nSPS) is 13.5. The maximum atomic E-state index is 5.80. The first-order valence-corrected chi connectivity index (χ1v) is 4.73. The van der Waals surface area contributed by atoms with Gasteiger partial charge < -0.3 is 0 Å². The van der Waals surface area contributed by atoms with E-state index in [4.69, 9.17) is 23.2 Å². The average Bonchev–Trinajstić information content (AvgIpc) is 2.16. The second-order valence-corrected chi connectivity index (χ2v) is 3.31. The fourth-order valence-corrected chi connectivity index (χ4v) is 1.01. The van der Waals surface area contributed by atoms with Crippen molar-refractivity contribution >= 4 is 29.3 Å². The molecule has 0 aliphatic carbocycles. The molecular weight excluding hydrogens is 191 g/mol. The van der Waals surface area contributed by atoms with Crippen molar-refractivity contribution in [2.75, 3.05) is 5.88 Å². The molecule has 0 saturated heterocycles. The van der Waals surface area contributed by atoms with Gasteiger partial charge in [-0.25, -0.2) is 0 Å². The van der Waals surface area contributed by atoms with Gasteiger partial charge in [-0.3, -0.25) is 0 Å². The highest BCUT2D eigenvalue weighted by Crippen LogP contribution is 2.06. The second kappa shape index (κ2) is 5.23. The van der Waals surface area contributed by atoms with E-state index in [0.29, 0.717) is 5.88 Å². The summed E-state index contributed by atoms with van der Waals surface area (Å²) in [6, 6.07) is 10.0. The molecule has 0 spiro atoms. The Bertz CT molecular complexity index is 241. The van der Waals surface area contributed by atoms with Crippen molar-refractivity contribution in [3.05, 3.63) is 42.0 Å². The van der Waals surface area contributed by atoms with Crippen LogP contribution in [0.1, 0.15) is 5.56 Å². The van der Waals surface area contributed by atoms with Crippen LogP contribution in [-0.4, -0.2) is 11.3 Å². The number of benzene rings is 1. The topological polar surface area (TPSA) is 0 Å². The minimum atomic E-state index is -0.0770. The molecule has 1 rings (SSSR count). The summed E-state index contributed by atoms with van der Waals surface area (Å²) in [5.74, 6) is 0.449. The van der Waals surface area contributed by atoms with E-state index >= 15 is 0 Å². The zero-order chi connectivity index (χ0) is 8.81. The SMILES string of the molecule is ClCC(Cl)/C=C/c1ccccc1. The Labute approximate surface area is 82.8 Å². The third-order valence-corrected chi connectivity index (χ3v) is 2.23. The van der Waals surface area contributed by atoms with Gasteiger partial charge in [-0.1, -0.05) is 42.5 Å². The van der Waals surface area contributed by atoms with Crippen molar-refractivity contribution in [3.63, 3.8) is 0 Å². The molecule has 0 aromatic heterocycles. The summed E-state index contributed by atoms with van der Waals surface area (Å²) in [6.07, 6.45) is 3.87. The molecule has 0 aliphatic rings. The van der Waals surface area contributed by atoms with Crippen molar-refractivity contribution < 1.29 is 0 Å².